The second-order valence-electron chi connectivity index (χ2n) is 8.05. The lowest BCUT2D eigenvalue weighted by Gasteiger charge is -2.22. The molecule has 4 rings (SSSR count). The molecule has 2 aliphatic rings. The van der Waals surface area contributed by atoms with Crippen LogP contribution in [0, 0.1) is 0 Å². The Morgan fingerprint density at radius 2 is 1.85 bits per heavy atom. The van der Waals surface area contributed by atoms with Crippen LogP contribution in [-0.4, -0.2) is 55.1 Å². The van der Waals surface area contributed by atoms with Gasteiger partial charge in [0.15, 0.2) is 0 Å². The number of hydrogen-bond donors (Lipinski definition) is 2. The average Bonchev–Trinajstić information content (AvgIpc) is 3.28. The monoisotopic (exact) mass is 470 g/mol. The van der Waals surface area contributed by atoms with E-state index in [4.69, 9.17) is 0 Å². The molecule has 1 atom stereocenters. The van der Waals surface area contributed by atoms with Crippen molar-refractivity contribution >= 4 is 33.6 Å². The summed E-state index contributed by atoms with van der Waals surface area (Å²) in [4.78, 5) is 39.4. The molecule has 1 aliphatic heterocycles. The first-order valence-corrected chi connectivity index (χ1v) is 12.3. The van der Waals surface area contributed by atoms with E-state index >= 15 is 0 Å². The minimum absolute atomic E-state index is 0.0560. The van der Waals surface area contributed by atoms with Gasteiger partial charge in [0.05, 0.1) is 4.90 Å². The molecule has 0 aromatic heterocycles. The van der Waals surface area contributed by atoms with Crippen molar-refractivity contribution in [2.24, 2.45) is 0 Å². The fourth-order valence-corrected chi connectivity index (χ4v) is 6.03. The molecule has 0 radical (unpaired) electrons. The predicted molar refractivity (Wildman–Crippen MR) is 122 cm³/mol. The number of nitrogens with zero attached hydrogens (tertiary/aromatic N) is 2. The molecule has 1 aliphatic carbocycles. The molecule has 9 nitrogen and oxygen atoms in total. The third-order valence-electron chi connectivity index (χ3n) is 6.18. The number of anilines is 1. The Bertz CT molecular complexity index is 1220. The zero-order chi connectivity index (χ0) is 23.8. The van der Waals surface area contributed by atoms with Gasteiger partial charge in [0.2, 0.25) is 15.9 Å². The third kappa shape index (κ3) is 3.89. The summed E-state index contributed by atoms with van der Waals surface area (Å²) in [6.45, 7) is 3.68. The summed E-state index contributed by atoms with van der Waals surface area (Å²) in [6.07, 6.45) is 1.11. The Kier molecular flexibility index (Phi) is 5.98. The van der Waals surface area contributed by atoms with Gasteiger partial charge in [-0.15, -0.1) is 0 Å². The predicted octanol–water partition coefficient (Wildman–Crippen LogP) is 2.05. The average molecular weight is 471 g/mol. The molecule has 1 fully saturated rings. The molecule has 0 bridgehead atoms. The number of nitrogens with one attached hydrogen (secondary N) is 2. The summed E-state index contributed by atoms with van der Waals surface area (Å²) in [6, 6.07) is 12.8. The topological polar surface area (TPSA) is 116 Å². The molecular weight excluding hydrogens is 444 g/mol. The lowest BCUT2D eigenvalue weighted by molar-refractivity contribution is -0.134. The maximum absolute atomic E-state index is 13.2. The first kappa shape index (κ1) is 22.9. The van der Waals surface area contributed by atoms with Crippen LogP contribution < -0.4 is 10.6 Å². The van der Waals surface area contributed by atoms with E-state index < -0.39 is 40.0 Å². The quantitative estimate of drug-likeness (QED) is 0.601. The summed E-state index contributed by atoms with van der Waals surface area (Å²) in [7, 11) is -3.69. The Balaban J connectivity index is 1.49. The van der Waals surface area contributed by atoms with Gasteiger partial charge in [-0.05, 0) is 42.2 Å². The summed E-state index contributed by atoms with van der Waals surface area (Å²) >= 11 is 0. The van der Waals surface area contributed by atoms with Gasteiger partial charge >= 0.3 is 6.03 Å². The molecule has 1 saturated heterocycles. The van der Waals surface area contributed by atoms with Gasteiger partial charge in [-0.25, -0.2) is 13.2 Å². The molecule has 2 aromatic carbocycles. The number of imide groups is 1. The highest BCUT2D eigenvalue weighted by atomic mass is 32.2. The summed E-state index contributed by atoms with van der Waals surface area (Å²) in [5.41, 5.74) is 0.900. The van der Waals surface area contributed by atoms with E-state index in [9.17, 15) is 22.8 Å². The molecule has 0 unspecified atom stereocenters. The lowest BCUT2D eigenvalue weighted by Crippen LogP contribution is -2.43. The van der Waals surface area contributed by atoms with E-state index in [2.05, 4.69) is 10.6 Å². The number of urea groups is 1. The van der Waals surface area contributed by atoms with Crippen LogP contribution >= 0.6 is 0 Å². The zero-order valence-electron chi connectivity index (χ0n) is 18.5. The van der Waals surface area contributed by atoms with E-state index in [1.54, 1.807) is 19.9 Å². The van der Waals surface area contributed by atoms with Gasteiger partial charge in [-0.3, -0.25) is 14.5 Å². The van der Waals surface area contributed by atoms with Crippen molar-refractivity contribution in [2.45, 2.75) is 37.1 Å². The first-order valence-electron chi connectivity index (χ1n) is 10.9. The number of hydrogen-bond acceptors (Lipinski definition) is 5. The van der Waals surface area contributed by atoms with Crippen LogP contribution in [0.3, 0.4) is 0 Å². The molecule has 1 spiro atoms. The SMILES string of the molecule is CCN(CC)S(=O)(=O)c1cccc(NC(=O)CN2C(=O)N[C@]3(CCc4ccccc43)C2=O)c1. The van der Waals surface area contributed by atoms with Crippen LogP contribution in [-0.2, 0) is 31.6 Å². The van der Waals surface area contributed by atoms with Crippen molar-refractivity contribution in [2.75, 3.05) is 25.0 Å². The van der Waals surface area contributed by atoms with Crippen molar-refractivity contribution < 1.29 is 22.8 Å². The maximum atomic E-state index is 13.2. The smallest absolute Gasteiger partial charge is 0.324 e. The Labute approximate surface area is 192 Å². The normalized spacial score (nSPS) is 19.8. The van der Waals surface area contributed by atoms with Crippen molar-refractivity contribution in [1.82, 2.24) is 14.5 Å². The minimum Gasteiger partial charge on any atom is -0.324 e. The van der Waals surface area contributed by atoms with Crippen LogP contribution in [0.1, 0.15) is 31.4 Å². The van der Waals surface area contributed by atoms with E-state index in [0.29, 0.717) is 25.9 Å². The van der Waals surface area contributed by atoms with Gasteiger partial charge in [0.25, 0.3) is 5.91 Å². The molecule has 33 heavy (non-hydrogen) atoms. The minimum atomic E-state index is -3.69. The van der Waals surface area contributed by atoms with Crippen molar-refractivity contribution in [3.63, 3.8) is 0 Å². The number of sulfonamides is 1. The number of aryl methyl sites for hydroxylation is 1. The van der Waals surface area contributed by atoms with Crippen LogP contribution in [0.25, 0.3) is 0 Å². The van der Waals surface area contributed by atoms with Gasteiger partial charge < -0.3 is 10.6 Å². The number of amides is 4. The lowest BCUT2D eigenvalue weighted by atomic mass is 9.92. The molecule has 2 N–H and O–H groups in total. The standard InChI is InChI=1S/C23H26N4O5S/c1-3-26(4-2)33(31,32)18-10-7-9-17(14-18)24-20(28)15-27-21(29)23(25-22(27)30)13-12-16-8-5-6-11-19(16)23/h5-11,14H,3-4,12-13,15H2,1-2H3,(H,24,28)(H,25,30)/t23-/m0/s1. The third-order valence-corrected chi connectivity index (χ3v) is 8.23. The fraction of sp³-hybridized carbons (Fsp3) is 0.348. The summed E-state index contributed by atoms with van der Waals surface area (Å²) in [5.74, 6) is -1.05. The van der Waals surface area contributed by atoms with E-state index in [-0.39, 0.29) is 10.6 Å². The zero-order valence-corrected chi connectivity index (χ0v) is 19.3. The second kappa shape index (κ2) is 8.60. The highest BCUT2D eigenvalue weighted by Crippen LogP contribution is 2.41. The molecule has 2 aromatic rings. The van der Waals surface area contributed by atoms with Gasteiger partial charge in [0, 0.05) is 18.8 Å². The number of rotatable bonds is 7. The van der Waals surface area contributed by atoms with E-state index in [0.717, 1.165) is 16.0 Å². The highest BCUT2D eigenvalue weighted by molar-refractivity contribution is 7.89. The Morgan fingerprint density at radius 3 is 2.58 bits per heavy atom. The number of carbonyl (C=O) groups is 3. The molecule has 10 heteroatoms. The van der Waals surface area contributed by atoms with Crippen LogP contribution in [0.4, 0.5) is 10.5 Å². The van der Waals surface area contributed by atoms with Crippen molar-refractivity contribution in [3.8, 4) is 0 Å². The molecule has 1 heterocycles. The number of carbonyl (C=O) groups excluding carboxylic acids is 3. The van der Waals surface area contributed by atoms with Gasteiger partial charge in [-0.1, -0.05) is 44.2 Å². The van der Waals surface area contributed by atoms with Crippen LogP contribution in [0.15, 0.2) is 53.4 Å². The van der Waals surface area contributed by atoms with Gasteiger partial charge in [-0.2, -0.15) is 4.31 Å². The number of benzene rings is 2. The first-order chi connectivity index (χ1) is 15.7. The summed E-state index contributed by atoms with van der Waals surface area (Å²) < 4.78 is 26.8. The highest BCUT2D eigenvalue weighted by Gasteiger charge is 2.55. The molecule has 0 saturated carbocycles. The van der Waals surface area contributed by atoms with Gasteiger partial charge in [0.1, 0.15) is 12.1 Å². The van der Waals surface area contributed by atoms with Crippen molar-refractivity contribution in [1.29, 1.82) is 0 Å². The Hall–Kier alpha value is -3.24. The number of fused-ring (bicyclic) bond motifs is 2. The maximum Gasteiger partial charge on any atom is 0.325 e. The largest absolute Gasteiger partial charge is 0.325 e. The molecule has 4 amide bonds. The van der Waals surface area contributed by atoms with Crippen LogP contribution in [0.2, 0.25) is 0 Å². The summed E-state index contributed by atoms with van der Waals surface area (Å²) in [5, 5.41) is 5.38. The second-order valence-corrected chi connectivity index (χ2v) is 9.99. The van der Waals surface area contributed by atoms with E-state index in [1.807, 2.05) is 24.3 Å². The van der Waals surface area contributed by atoms with Crippen LogP contribution in [0.5, 0.6) is 0 Å². The molecular formula is C23H26N4O5S. The molecule has 174 valence electrons. The Morgan fingerprint density at radius 1 is 1.12 bits per heavy atom. The van der Waals surface area contributed by atoms with Crippen molar-refractivity contribution in [3.05, 3.63) is 59.7 Å². The fourth-order valence-electron chi connectivity index (χ4n) is 4.52. The van der Waals surface area contributed by atoms with E-state index in [1.165, 1.54) is 22.5 Å².